The Labute approximate surface area is 114 Å². The molecule has 3 N–H and O–H groups in total. The van der Waals surface area contributed by atoms with E-state index in [0.29, 0.717) is 17.9 Å². The first-order valence-electron chi connectivity index (χ1n) is 5.74. The maximum atomic E-state index is 10.7. The minimum absolute atomic E-state index is 0.00981. The molecule has 0 saturated heterocycles. The second-order valence-corrected chi connectivity index (χ2v) is 5.15. The van der Waals surface area contributed by atoms with E-state index in [1.165, 1.54) is 12.1 Å². The summed E-state index contributed by atoms with van der Waals surface area (Å²) in [4.78, 5) is 14.5. The number of hydrogen-bond acceptors (Lipinski definition) is 6. The Balaban J connectivity index is 2.05. The van der Waals surface area contributed by atoms with Crippen LogP contribution in [0.4, 0.5) is 17.1 Å². The second kappa shape index (κ2) is 5.66. The fourth-order valence-electron chi connectivity index (χ4n) is 1.68. The minimum Gasteiger partial charge on any atom is -0.398 e. The van der Waals surface area contributed by atoms with Crippen LogP contribution in [0.3, 0.4) is 0 Å². The van der Waals surface area contributed by atoms with Crippen molar-refractivity contribution in [1.29, 1.82) is 0 Å². The number of nitrogen functional groups attached to an aromatic ring is 1. The molecule has 0 fully saturated rings. The van der Waals surface area contributed by atoms with Crippen molar-refractivity contribution < 1.29 is 4.92 Å². The van der Waals surface area contributed by atoms with Gasteiger partial charge in [0.25, 0.3) is 5.69 Å². The summed E-state index contributed by atoms with van der Waals surface area (Å²) in [5.41, 5.74) is 6.66. The van der Waals surface area contributed by atoms with Crippen molar-refractivity contribution in [2.24, 2.45) is 0 Å². The maximum absolute atomic E-state index is 10.7. The van der Waals surface area contributed by atoms with Crippen LogP contribution in [0.1, 0.15) is 17.8 Å². The van der Waals surface area contributed by atoms with E-state index in [-0.39, 0.29) is 11.6 Å². The van der Waals surface area contributed by atoms with Crippen LogP contribution in [0, 0.1) is 10.1 Å². The molecular formula is C12H14N4O2S. The number of nitrogens with zero attached hydrogens (tertiary/aromatic N) is 2. The SMILES string of the molecule is CC(CNc1cc(N)cc([N+](=O)[O-])c1)c1nccs1. The Bertz CT molecular complexity index is 571. The molecule has 1 atom stereocenters. The number of benzene rings is 1. The van der Waals surface area contributed by atoms with Gasteiger partial charge in [-0.15, -0.1) is 11.3 Å². The molecule has 19 heavy (non-hydrogen) atoms. The number of nitro groups is 1. The van der Waals surface area contributed by atoms with Gasteiger partial charge in [-0.05, 0) is 6.07 Å². The Hall–Kier alpha value is -2.15. The van der Waals surface area contributed by atoms with Gasteiger partial charge in [0.2, 0.25) is 0 Å². The molecule has 1 aromatic heterocycles. The topological polar surface area (TPSA) is 94.1 Å². The second-order valence-electron chi connectivity index (χ2n) is 4.22. The van der Waals surface area contributed by atoms with Crippen LogP contribution in [0.15, 0.2) is 29.8 Å². The monoisotopic (exact) mass is 278 g/mol. The quantitative estimate of drug-likeness (QED) is 0.498. The van der Waals surface area contributed by atoms with Gasteiger partial charge in [0.1, 0.15) is 0 Å². The standard InChI is InChI=1S/C12H14N4O2S/c1-8(12-14-2-3-19-12)7-15-10-4-9(13)5-11(6-10)16(17)18/h2-6,8,15H,7,13H2,1H3. The molecule has 0 aliphatic heterocycles. The van der Waals surface area contributed by atoms with Gasteiger partial charge in [0.15, 0.2) is 0 Å². The van der Waals surface area contributed by atoms with Gasteiger partial charge in [-0.3, -0.25) is 10.1 Å². The van der Waals surface area contributed by atoms with Gasteiger partial charge < -0.3 is 11.1 Å². The normalized spacial score (nSPS) is 12.1. The van der Waals surface area contributed by atoms with Gasteiger partial charge in [-0.25, -0.2) is 4.98 Å². The highest BCUT2D eigenvalue weighted by atomic mass is 32.1. The average Bonchev–Trinajstić information content (AvgIpc) is 2.89. The first kappa shape index (κ1) is 13.3. The molecular weight excluding hydrogens is 264 g/mol. The van der Waals surface area contributed by atoms with Crippen LogP contribution < -0.4 is 11.1 Å². The summed E-state index contributed by atoms with van der Waals surface area (Å²) in [6.45, 7) is 2.70. The van der Waals surface area contributed by atoms with Crippen molar-refractivity contribution in [3.63, 3.8) is 0 Å². The number of nitrogens with two attached hydrogens (primary N) is 1. The number of aromatic nitrogens is 1. The lowest BCUT2D eigenvalue weighted by atomic mass is 10.2. The Morgan fingerprint density at radius 2 is 2.32 bits per heavy atom. The number of rotatable bonds is 5. The Kier molecular flexibility index (Phi) is 3.96. The fourth-order valence-corrected chi connectivity index (χ4v) is 2.38. The smallest absolute Gasteiger partial charge is 0.273 e. The van der Waals surface area contributed by atoms with Gasteiger partial charge in [-0.2, -0.15) is 0 Å². The van der Waals surface area contributed by atoms with E-state index in [2.05, 4.69) is 10.3 Å². The molecule has 7 heteroatoms. The predicted octanol–water partition coefficient (Wildman–Crippen LogP) is 2.85. The number of nitro benzene ring substituents is 1. The zero-order valence-corrected chi connectivity index (χ0v) is 11.2. The van der Waals surface area contributed by atoms with Crippen LogP contribution >= 0.6 is 11.3 Å². The molecule has 0 bridgehead atoms. The van der Waals surface area contributed by atoms with Crippen molar-refractivity contribution in [1.82, 2.24) is 4.98 Å². The van der Waals surface area contributed by atoms with Gasteiger partial charge in [0, 0.05) is 47.5 Å². The van der Waals surface area contributed by atoms with Gasteiger partial charge >= 0.3 is 0 Å². The van der Waals surface area contributed by atoms with Crippen LogP contribution in [0.5, 0.6) is 0 Å². The summed E-state index contributed by atoms with van der Waals surface area (Å²) in [6.07, 6.45) is 1.77. The summed E-state index contributed by atoms with van der Waals surface area (Å²) in [5.74, 6) is 0.237. The lowest BCUT2D eigenvalue weighted by Crippen LogP contribution is -2.10. The van der Waals surface area contributed by atoms with Crippen LogP contribution in [-0.4, -0.2) is 16.5 Å². The summed E-state index contributed by atoms with van der Waals surface area (Å²) in [6, 6.07) is 4.50. The molecule has 0 saturated carbocycles. The molecule has 1 aromatic carbocycles. The molecule has 0 amide bonds. The van der Waals surface area contributed by atoms with E-state index in [1.807, 2.05) is 12.3 Å². The van der Waals surface area contributed by atoms with E-state index in [0.717, 1.165) is 5.01 Å². The lowest BCUT2D eigenvalue weighted by molar-refractivity contribution is -0.384. The highest BCUT2D eigenvalue weighted by molar-refractivity contribution is 7.09. The minimum atomic E-state index is -0.453. The number of nitrogens with one attached hydrogen (secondary N) is 1. The van der Waals surface area contributed by atoms with E-state index < -0.39 is 4.92 Å². The molecule has 1 unspecified atom stereocenters. The third-order valence-electron chi connectivity index (χ3n) is 2.64. The van der Waals surface area contributed by atoms with E-state index in [4.69, 9.17) is 5.73 Å². The Morgan fingerprint density at radius 3 is 2.95 bits per heavy atom. The molecule has 1 heterocycles. The Morgan fingerprint density at radius 1 is 1.53 bits per heavy atom. The molecule has 2 rings (SSSR count). The van der Waals surface area contributed by atoms with Crippen molar-refractivity contribution in [2.45, 2.75) is 12.8 Å². The number of thiazole rings is 1. The van der Waals surface area contributed by atoms with Crippen molar-refractivity contribution >= 4 is 28.4 Å². The number of hydrogen-bond donors (Lipinski definition) is 2. The number of non-ortho nitro benzene ring substituents is 1. The van der Waals surface area contributed by atoms with Crippen molar-refractivity contribution in [2.75, 3.05) is 17.6 Å². The molecule has 6 nitrogen and oxygen atoms in total. The molecule has 0 radical (unpaired) electrons. The lowest BCUT2D eigenvalue weighted by Gasteiger charge is -2.11. The molecule has 100 valence electrons. The van der Waals surface area contributed by atoms with Gasteiger partial charge in [-0.1, -0.05) is 6.92 Å². The molecule has 0 aliphatic carbocycles. The first-order valence-corrected chi connectivity index (χ1v) is 6.62. The van der Waals surface area contributed by atoms with Crippen LogP contribution in [0.25, 0.3) is 0 Å². The van der Waals surface area contributed by atoms with Gasteiger partial charge in [0.05, 0.1) is 9.93 Å². The highest BCUT2D eigenvalue weighted by Crippen LogP contribution is 2.24. The highest BCUT2D eigenvalue weighted by Gasteiger charge is 2.11. The molecule has 0 spiro atoms. The van der Waals surface area contributed by atoms with Crippen molar-refractivity contribution in [3.05, 3.63) is 44.9 Å². The predicted molar refractivity (Wildman–Crippen MR) is 76.5 cm³/mol. The first-order chi connectivity index (χ1) is 9.06. The van der Waals surface area contributed by atoms with Crippen LogP contribution in [0.2, 0.25) is 0 Å². The fraction of sp³-hybridized carbons (Fsp3) is 0.250. The number of anilines is 2. The van der Waals surface area contributed by atoms with E-state index >= 15 is 0 Å². The van der Waals surface area contributed by atoms with Crippen molar-refractivity contribution in [3.8, 4) is 0 Å². The molecule has 0 aliphatic rings. The average molecular weight is 278 g/mol. The maximum Gasteiger partial charge on any atom is 0.273 e. The largest absolute Gasteiger partial charge is 0.398 e. The summed E-state index contributed by atoms with van der Waals surface area (Å²) >= 11 is 1.59. The summed E-state index contributed by atoms with van der Waals surface area (Å²) < 4.78 is 0. The zero-order valence-electron chi connectivity index (χ0n) is 10.4. The van der Waals surface area contributed by atoms with E-state index in [9.17, 15) is 10.1 Å². The summed E-state index contributed by atoms with van der Waals surface area (Å²) in [5, 5.41) is 16.9. The van der Waals surface area contributed by atoms with Crippen LogP contribution in [-0.2, 0) is 0 Å². The third kappa shape index (κ3) is 3.41. The third-order valence-corrected chi connectivity index (χ3v) is 3.64. The van der Waals surface area contributed by atoms with E-state index in [1.54, 1.807) is 23.6 Å². The summed E-state index contributed by atoms with van der Waals surface area (Å²) in [7, 11) is 0. The zero-order chi connectivity index (χ0) is 13.8. The molecule has 2 aromatic rings.